The first-order valence-electron chi connectivity index (χ1n) is 7.24. The standard InChI is InChI=1S/C16H18N4O2S/c1-16(2,21)11-23-15-19-18-14(12-5-3-7-17-9-12)20(15)10-13-6-4-8-22-13/h3-9,21H,10-11H2,1-2H3. The third-order valence-electron chi connectivity index (χ3n) is 3.09. The second-order valence-electron chi connectivity index (χ2n) is 5.81. The zero-order chi connectivity index (χ0) is 16.3. The van der Waals surface area contributed by atoms with Crippen LogP contribution in [-0.2, 0) is 6.54 Å². The first-order valence-corrected chi connectivity index (χ1v) is 8.23. The van der Waals surface area contributed by atoms with Gasteiger partial charge in [-0.3, -0.25) is 9.55 Å². The molecule has 0 amide bonds. The van der Waals surface area contributed by atoms with E-state index in [2.05, 4.69) is 15.2 Å². The van der Waals surface area contributed by atoms with E-state index in [4.69, 9.17) is 4.42 Å². The molecule has 0 radical (unpaired) electrons. The average molecular weight is 330 g/mol. The number of pyridine rings is 1. The Bertz CT molecular complexity index is 748. The molecule has 0 saturated carbocycles. The van der Waals surface area contributed by atoms with Gasteiger partial charge in [0.1, 0.15) is 5.76 Å². The molecule has 0 unspecified atom stereocenters. The van der Waals surface area contributed by atoms with E-state index in [9.17, 15) is 5.11 Å². The summed E-state index contributed by atoms with van der Waals surface area (Å²) in [7, 11) is 0. The first-order chi connectivity index (χ1) is 11.0. The maximum atomic E-state index is 9.94. The molecule has 3 aromatic rings. The zero-order valence-electron chi connectivity index (χ0n) is 13.0. The van der Waals surface area contributed by atoms with Crippen LogP contribution in [0.25, 0.3) is 11.4 Å². The highest BCUT2D eigenvalue weighted by Gasteiger charge is 2.19. The van der Waals surface area contributed by atoms with E-state index in [-0.39, 0.29) is 0 Å². The summed E-state index contributed by atoms with van der Waals surface area (Å²) in [4.78, 5) is 4.14. The molecular formula is C16H18N4O2S. The number of hydrogen-bond acceptors (Lipinski definition) is 6. The van der Waals surface area contributed by atoms with Crippen molar-refractivity contribution in [2.24, 2.45) is 0 Å². The van der Waals surface area contributed by atoms with Gasteiger partial charge in [-0.15, -0.1) is 10.2 Å². The highest BCUT2D eigenvalue weighted by atomic mass is 32.2. The van der Waals surface area contributed by atoms with Crippen LogP contribution in [0, 0.1) is 0 Å². The van der Waals surface area contributed by atoms with E-state index in [1.165, 1.54) is 11.8 Å². The molecule has 0 aliphatic rings. The summed E-state index contributed by atoms with van der Waals surface area (Å²) >= 11 is 1.47. The Morgan fingerprint density at radius 3 is 2.78 bits per heavy atom. The van der Waals surface area contributed by atoms with Gasteiger partial charge in [-0.25, -0.2) is 0 Å². The summed E-state index contributed by atoms with van der Waals surface area (Å²) in [6, 6.07) is 7.58. The monoisotopic (exact) mass is 330 g/mol. The van der Waals surface area contributed by atoms with E-state index < -0.39 is 5.60 Å². The Morgan fingerprint density at radius 2 is 2.13 bits per heavy atom. The molecule has 1 N–H and O–H groups in total. The van der Waals surface area contributed by atoms with Gasteiger partial charge in [0.15, 0.2) is 11.0 Å². The molecule has 0 bridgehead atoms. The molecule has 0 spiro atoms. The lowest BCUT2D eigenvalue weighted by Gasteiger charge is -2.16. The molecule has 23 heavy (non-hydrogen) atoms. The zero-order valence-corrected chi connectivity index (χ0v) is 13.8. The van der Waals surface area contributed by atoms with Crippen molar-refractivity contribution in [1.29, 1.82) is 0 Å². The molecule has 0 aliphatic carbocycles. The number of nitrogens with zero attached hydrogens (tertiary/aromatic N) is 4. The minimum atomic E-state index is -0.777. The van der Waals surface area contributed by atoms with Crippen molar-refractivity contribution in [3.05, 3.63) is 48.7 Å². The second-order valence-corrected chi connectivity index (χ2v) is 6.76. The predicted octanol–water partition coefficient (Wildman–Crippen LogP) is 2.84. The Balaban J connectivity index is 1.94. The molecule has 0 fully saturated rings. The summed E-state index contributed by atoms with van der Waals surface area (Å²) < 4.78 is 7.43. The molecule has 120 valence electrons. The smallest absolute Gasteiger partial charge is 0.192 e. The van der Waals surface area contributed by atoms with Crippen LogP contribution in [0.3, 0.4) is 0 Å². The van der Waals surface area contributed by atoms with Gasteiger partial charge in [-0.05, 0) is 38.1 Å². The van der Waals surface area contributed by atoms with Crippen molar-refractivity contribution in [1.82, 2.24) is 19.7 Å². The van der Waals surface area contributed by atoms with Gasteiger partial charge < -0.3 is 9.52 Å². The maximum Gasteiger partial charge on any atom is 0.192 e. The van der Waals surface area contributed by atoms with Gasteiger partial charge in [-0.2, -0.15) is 0 Å². The van der Waals surface area contributed by atoms with Crippen LogP contribution >= 0.6 is 11.8 Å². The molecule has 3 aromatic heterocycles. The number of aliphatic hydroxyl groups is 1. The van der Waals surface area contributed by atoms with Crippen molar-refractivity contribution in [3.8, 4) is 11.4 Å². The van der Waals surface area contributed by atoms with Crippen molar-refractivity contribution in [3.63, 3.8) is 0 Å². The summed E-state index contributed by atoms with van der Waals surface area (Å²) in [5, 5.41) is 19.2. The van der Waals surface area contributed by atoms with Gasteiger partial charge in [0.2, 0.25) is 0 Å². The molecule has 6 nitrogen and oxygen atoms in total. The van der Waals surface area contributed by atoms with E-state index in [1.807, 2.05) is 28.8 Å². The number of thioether (sulfide) groups is 1. The van der Waals surface area contributed by atoms with Gasteiger partial charge in [0.25, 0.3) is 0 Å². The molecular weight excluding hydrogens is 312 g/mol. The molecule has 0 saturated heterocycles. The number of aromatic nitrogens is 4. The van der Waals surface area contributed by atoms with Crippen molar-refractivity contribution in [2.75, 3.05) is 5.75 Å². The van der Waals surface area contributed by atoms with Crippen molar-refractivity contribution in [2.45, 2.75) is 31.1 Å². The van der Waals surface area contributed by atoms with Crippen LogP contribution < -0.4 is 0 Å². The van der Waals surface area contributed by atoms with Crippen molar-refractivity contribution >= 4 is 11.8 Å². The van der Waals surface area contributed by atoms with Crippen LogP contribution in [0.15, 0.2) is 52.5 Å². The Labute approximate surface area is 138 Å². The molecule has 3 rings (SSSR count). The SMILES string of the molecule is CC(C)(O)CSc1nnc(-c2cccnc2)n1Cc1ccco1. The van der Waals surface area contributed by atoms with E-state index in [1.54, 1.807) is 32.5 Å². The minimum Gasteiger partial charge on any atom is -0.467 e. The minimum absolute atomic E-state index is 0.524. The van der Waals surface area contributed by atoms with Crippen LogP contribution in [-0.4, -0.2) is 36.2 Å². The van der Waals surface area contributed by atoms with Crippen molar-refractivity contribution < 1.29 is 9.52 Å². The fourth-order valence-corrected chi connectivity index (χ4v) is 2.93. The van der Waals surface area contributed by atoms with Crippen LogP contribution in [0.4, 0.5) is 0 Å². The van der Waals surface area contributed by atoms with Gasteiger partial charge in [-0.1, -0.05) is 11.8 Å². The summed E-state index contributed by atoms with van der Waals surface area (Å²) in [6.45, 7) is 4.07. The number of rotatable bonds is 6. The second kappa shape index (κ2) is 6.55. The lowest BCUT2D eigenvalue weighted by atomic mass is 10.2. The van der Waals surface area contributed by atoms with E-state index in [0.29, 0.717) is 12.3 Å². The summed E-state index contributed by atoms with van der Waals surface area (Å²) in [6.07, 6.45) is 5.13. The predicted molar refractivity (Wildman–Crippen MR) is 88.1 cm³/mol. The van der Waals surface area contributed by atoms with Crippen LogP contribution in [0.5, 0.6) is 0 Å². The molecule has 0 aliphatic heterocycles. The first kappa shape index (κ1) is 15.8. The Morgan fingerprint density at radius 1 is 1.26 bits per heavy atom. The highest BCUT2D eigenvalue weighted by Crippen LogP contribution is 2.26. The van der Waals surface area contributed by atoms with Gasteiger partial charge in [0, 0.05) is 23.7 Å². The number of furan rings is 1. The molecule has 3 heterocycles. The van der Waals surface area contributed by atoms with E-state index >= 15 is 0 Å². The Hall–Kier alpha value is -2.12. The Kier molecular flexibility index (Phi) is 4.49. The topological polar surface area (TPSA) is 77.0 Å². The quantitative estimate of drug-likeness (QED) is 0.700. The van der Waals surface area contributed by atoms with Gasteiger partial charge in [0.05, 0.1) is 18.4 Å². The molecule has 7 heteroatoms. The largest absolute Gasteiger partial charge is 0.467 e. The molecule has 0 atom stereocenters. The third-order valence-corrected chi connectivity index (χ3v) is 4.50. The van der Waals surface area contributed by atoms with Crippen LogP contribution in [0.1, 0.15) is 19.6 Å². The van der Waals surface area contributed by atoms with Crippen LogP contribution in [0.2, 0.25) is 0 Å². The highest BCUT2D eigenvalue weighted by molar-refractivity contribution is 7.99. The summed E-state index contributed by atoms with van der Waals surface area (Å²) in [5.74, 6) is 2.07. The maximum absolute atomic E-state index is 9.94. The summed E-state index contributed by atoms with van der Waals surface area (Å²) in [5.41, 5.74) is 0.113. The lowest BCUT2D eigenvalue weighted by Crippen LogP contribution is -2.22. The number of hydrogen-bond donors (Lipinski definition) is 1. The average Bonchev–Trinajstić information content (AvgIpc) is 3.16. The fourth-order valence-electron chi connectivity index (χ4n) is 2.05. The fraction of sp³-hybridized carbons (Fsp3) is 0.312. The molecule has 0 aromatic carbocycles. The third kappa shape index (κ3) is 4.00. The van der Waals surface area contributed by atoms with E-state index in [0.717, 1.165) is 22.3 Å². The normalized spacial score (nSPS) is 11.8. The lowest BCUT2D eigenvalue weighted by molar-refractivity contribution is 0.107. The van der Waals surface area contributed by atoms with Gasteiger partial charge >= 0.3 is 0 Å².